The van der Waals surface area contributed by atoms with Crippen molar-refractivity contribution in [2.24, 2.45) is 17.8 Å². The van der Waals surface area contributed by atoms with Gasteiger partial charge in [-0.05, 0) is 43.9 Å². The molecule has 180 valence electrons. The van der Waals surface area contributed by atoms with Gasteiger partial charge in [-0.25, -0.2) is 13.2 Å². The number of nitrogens with one attached hydrogen (secondary N) is 3. The van der Waals surface area contributed by atoms with Crippen LogP contribution in [0.15, 0.2) is 35.3 Å². The summed E-state index contributed by atoms with van der Waals surface area (Å²) in [6.45, 7) is 3.37. The second-order valence-corrected chi connectivity index (χ2v) is 10.4. The van der Waals surface area contributed by atoms with E-state index in [1.54, 1.807) is 17.7 Å². The lowest BCUT2D eigenvalue weighted by Crippen LogP contribution is -2.62. The molecule has 1 aliphatic heterocycles. The summed E-state index contributed by atoms with van der Waals surface area (Å²) < 4.78 is 42.6. The standard InChI is InChI=1S/C25H27F3N4O2/c1-12(14-3-2-4-15(21(14)26)23(27)28)30-24(34)18-11-32(25-6-13(7-25)8-25)20(33)5-19(18)31-22-16-9-29-10-17(16)22/h2-5,11-13,16-17,22-23,29,31H,6-10H2,1H3,(H,30,34)/t12-,13?,16-,17+,22?,25?/m1/s1. The van der Waals surface area contributed by atoms with Gasteiger partial charge in [-0.2, -0.15) is 0 Å². The molecule has 0 spiro atoms. The summed E-state index contributed by atoms with van der Waals surface area (Å²) in [6.07, 6.45) is 1.52. The second kappa shape index (κ2) is 7.60. The van der Waals surface area contributed by atoms with Crippen LogP contribution in [0.5, 0.6) is 0 Å². The summed E-state index contributed by atoms with van der Waals surface area (Å²) >= 11 is 0. The molecule has 1 aromatic heterocycles. The number of alkyl halides is 2. The Morgan fingerprint density at radius 3 is 2.47 bits per heavy atom. The molecule has 4 saturated carbocycles. The minimum Gasteiger partial charge on any atom is -0.381 e. The molecule has 0 radical (unpaired) electrons. The smallest absolute Gasteiger partial charge is 0.266 e. The van der Waals surface area contributed by atoms with Crippen LogP contribution in [0.4, 0.5) is 18.9 Å². The summed E-state index contributed by atoms with van der Waals surface area (Å²) in [5.41, 5.74) is -0.232. The molecule has 9 heteroatoms. The van der Waals surface area contributed by atoms with Crippen LogP contribution in [-0.2, 0) is 5.54 Å². The van der Waals surface area contributed by atoms with Crippen LogP contribution in [0.25, 0.3) is 0 Å². The van der Waals surface area contributed by atoms with Gasteiger partial charge in [0.2, 0.25) is 0 Å². The minimum atomic E-state index is -2.94. The summed E-state index contributed by atoms with van der Waals surface area (Å²) in [5.74, 6) is 0.120. The number of halogens is 3. The number of pyridine rings is 1. The lowest BCUT2D eigenvalue weighted by Gasteiger charge is -2.62. The zero-order valence-electron chi connectivity index (χ0n) is 18.8. The number of anilines is 1. The summed E-state index contributed by atoms with van der Waals surface area (Å²) in [7, 11) is 0. The van der Waals surface area contributed by atoms with E-state index in [1.165, 1.54) is 18.2 Å². The number of nitrogens with zero attached hydrogens (tertiary/aromatic N) is 1. The van der Waals surface area contributed by atoms with Crippen molar-refractivity contribution in [1.82, 2.24) is 15.2 Å². The first-order valence-electron chi connectivity index (χ1n) is 11.9. The maximum atomic E-state index is 14.7. The number of carbonyl (C=O) groups is 1. The van der Waals surface area contributed by atoms with E-state index in [-0.39, 0.29) is 22.7 Å². The van der Waals surface area contributed by atoms with Crippen molar-refractivity contribution in [3.8, 4) is 0 Å². The Hall–Kier alpha value is -2.81. The average Bonchev–Trinajstić information content (AvgIpc) is 3.13. The highest BCUT2D eigenvalue weighted by molar-refractivity contribution is 5.99. The van der Waals surface area contributed by atoms with Crippen LogP contribution in [0.1, 0.15) is 60.1 Å². The van der Waals surface area contributed by atoms with Gasteiger partial charge in [-0.15, -0.1) is 0 Å². The highest BCUT2D eigenvalue weighted by Gasteiger charge is 2.58. The second-order valence-electron chi connectivity index (χ2n) is 10.4. The first-order valence-corrected chi connectivity index (χ1v) is 11.9. The van der Waals surface area contributed by atoms with Crippen molar-refractivity contribution < 1.29 is 18.0 Å². The van der Waals surface area contributed by atoms with Crippen LogP contribution in [-0.4, -0.2) is 29.6 Å². The van der Waals surface area contributed by atoms with E-state index in [2.05, 4.69) is 16.0 Å². The van der Waals surface area contributed by atoms with Gasteiger partial charge >= 0.3 is 0 Å². The topological polar surface area (TPSA) is 75.2 Å². The Kier molecular flexibility index (Phi) is 4.85. The highest BCUT2D eigenvalue weighted by atomic mass is 19.3. The monoisotopic (exact) mass is 472 g/mol. The zero-order valence-corrected chi connectivity index (χ0v) is 18.8. The third kappa shape index (κ3) is 3.27. The molecule has 7 rings (SSSR count). The van der Waals surface area contributed by atoms with Crippen molar-refractivity contribution in [3.05, 3.63) is 63.3 Å². The van der Waals surface area contributed by atoms with Gasteiger partial charge < -0.3 is 20.5 Å². The number of hydrogen-bond acceptors (Lipinski definition) is 4. The zero-order chi connectivity index (χ0) is 23.8. The SMILES string of the molecule is C[C@@H](NC(=O)c1cn(C23CC(C2)C3)c(=O)cc1NC1[C@H]2CNC[C@@H]12)c1cccc(C(F)F)c1F. The van der Waals surface area contributed by atoms with Gasteiger partial charge in [0.15, 0.2) is 0 Å². The highest BCUT2D eigenvalue weighted by Crippen LogP contribution is 2.61. The molecule has 1 unspecified atom stereocenters. The molecule has 3 N–H and O–H groups in total. The molecule has 4 aliphatic carbocycles. The fourth-order valence-corrected chi connectivity index (χ4v) is 6.17. The van der Waals surface area contributed by atoms with E-state index in [9.17, 15) is 22.8 Å². The molecule has 5 fully saturated rings. The predicted octanol–water partition coefficient (Wildman–Crippen LogP) is 3.55. The van der Waals surface area contributed by atoms with Gasteiger partial charge in [-0.1, -0.05) is 18.2 Å². The van der Waals surface area contributed by atoms with Gasteiger partial charge in [0, 0.05) is 42.5 Å². The van der Waals surface area contributed by atoms with Gasteiger partial charge in [0.05, 0.1) is 22.9 Å². The van der Waals surface area contributed by atoms with Crippen LogP contribution in [0.2, 0.25) is 0 Å². The predicted molar refractivity (Wildman–Crippen MR) is 121 cm³/mol. The molecule has 5 aliphatic rings. The first kappa shape index (κ1) is 21.7. The molecule has 6 nitrogen and oxygen atoms in total. The Morgan fingerprint density at radius 2 is 1.85 bits per heavy atom. The van der Waals surface area contributed by atoms with Crippen molar-refractivity contribution in [1.29, 1.82) is 0 Å². The van der Waals surface area contributed by atoms with E-state index in [0.29, 0.717) is 29.0 Å². The third-order valence-corrected chi connectivity index (χ3v) is 8.34. The molecule has 1 amide bonds. The molecule has 1 saturated heterocycles. The first-order chi connectivity index (χ1) is 16.3. The van der Waals surface area contributed by atoms with E-state index < -0.39 is 29.8 Å². The number of amides is 1. The average molecular weight is 473 g/mol. The Bertz CT molecular complexity index is 1200. The lowest BCUT2D eigenvalue weighted by molar-refractivity contribution is -0.0914. The maximum absolute atomic E-state index is 14.7. The summed E-state index contributed by atoms with van der Waals surface area (Å²) in [5, 5.41) is 9.48. The van der Waals surface area contributed by atoms with Crippen molar-refractivity contribution in [3.63, 3.8) is 0 Å². The van der Waals surface area contributed by atoms with Gasteiger partial charge in [0.25, 0.3) is 17.9 Å². The molecule has 2 bridgehead atoms. The molecule has 34 heavy (non-hydrogen) atoms. The van der Waals surface area contributed by atoms with Crippen LogP contribution >= 0.6 is 0 Å². The molecule has 2 heterocycles. The number of benzene rings is 1. The van der Waals surface area contributed by atoms with E-state index >= 15 is 0 Å². The van der Waals surface area contributed by atoms with Crippen molar-refractivity contribution in [2.75, 3.05) is 18.4 Å². The van der Waals surface area contributed by atoms with E-state index in [1.807, 2.05) is 0 Å². The Labute approximate surface area is 194 Å². The number of carbonyl (C=O) groups excluding carboxylic acids is 1. The number of rotatable bonds is 7. The van der Waals surface area contributed by atoms with Crippen LogP contribution in [0.3, 0.4) is 0 Å². The summed E-state index contributed by atoms with van der Waals surface area (Å²) in [6, 6.07) is 4.67. The molecular weight excluding hydrogens is 445 g/mol. The largest absolute Gasteiger partial charge is 0.381 e. The molecule has 2 aromatic rings. The number of aromatic nitrogens is 1. The maximum Gasteiger partial charge on any atom is 0.266 e. The van der Waals surface area contributed by atoms with Crippen molar-refractivity contribution in [2.45, 2.75) is 50.2 Å². The quantitative estimate of drug-likeness (QED) is 0.576. The Balaban J connectivity index is 1.30. The number of fused-ring (bicyclic) bond motifs is 1. The normalized spacial score (nSPS) is 31.3. The number of hydrogen-bond donors (Lipinski definition) is 3. The van der Waals surface area contributed by atoms with E-state index in [0.717, 1.165) is 38.4 Å². The number of piperidine rings is 1. The van der Waals surface area contributed by atoms with Crippen molar-refractivity contribution >= 4 is 11.6 Å². The van der Waals surface area contributed by atoms with Gasteiger partial charge in [0.1, 0.15) is 5.82 Å². The van der Waals surface area contributed by atoms with E-state index in [4.69, 9.17) is 0 Å². The Morgan fingerprint density at radius 1 is 1.18 bits per heavy atom. The minimum absolute atomic E-state index is 0.00352. The summed E-state index contributed by atoms with van der Waals surface area (Å²) in [4.78, 5) is 26.4. The lowest BCUT2D eigenvalue weighted by atomic mass is 9.49. The van der Waals surface area contributed by atoms with Crippen LogP contribution < -0.4 is 21.5 Å². The molecular formula is C25H27F3N4O2. The van der Waals surface area contributed by atoms with Gasteiger partial charge in [-0.3, -0.25) is 9.59 Å². The third-order valence-electron chi connectivity index (χ3n) is 8.34. The fraction of sp³-hybridized carbons (Fsp3) is 0.520. The molecule has 4 atom stereocenters. The molecule has 1 aromatic carbocycles. The van der Waals surface area contributed by atoms with Crippen LogP contribution in [0, 0.1) is 23.6 Å². The fourth-order valence-electron chi connectivity index (χ4n) is 6.17.